The van der Waals surface area contributed by atoms with Crippen LogP contribution in [0.2, 0.25) is 0 Å². The molecule has 0 aliphatic heterocycles. The molecule has 0 saturated heterocycles. The topological polar surface area (TPSA) is 61.8 Å². The highest BCUT2D eigenvalue weighted by atomic mass is 31.1. The molecule has 0 aromatic heterocycles. The quantitative estimate of drug-likeness (QED) is 0.344. The SMILES string of the molecule is C=C(C)C(=O)OC(C)O[PH](=O)Oc1ccccc1. The molecule has 0 heterocycles. The second-order valence-electron chi connectivity index (χ2n) is 3.54. The second kappa shape index (κ2) is 6.99. The Kier molecular flexibility index (Phi) is 5.62. The monoisotopic (exact) mass is 270 g/mol. The molecule has 0 spiro atoms. The molecule has 0 aliphatic carbocycles. The maximum absolute atomic E-state index is 11.5. The predicted octanol–water partition coefficient (Wildman–Crippen LogP) is 2.94. The van der Waals surface area contributed by atoms with Crippen molar-refractivity contribution in [3.05, 3.63) is 42.5 Å². The number of hydrogen-bond acceptors (Lipinski definition) is 5. The van der Waals surface area contributed by atoms with Crippen molar-refractivity contribution >= 4 is 14.2 Å². The maximum Gasteiger partial charge on any atom is 0.370 e. The number of benzene rings is 1. The Morgan fingerprint density at radius 2 is 1.94 bits per heavy atom. The average Bonchev–Trinajstić information content (AvgIpc) is 2.29. The lowest BCUT2D eigenvalue weighted by Crippen LogP contribution is -2.16. The van der Waals surface area contributed by atoms with E-state index in [0.29, 0.717) is 5.75 Å². The van der Waals surface area contributed by atoms with Gasteiger partial charge in [-0.3, -0.25) is 4.52 Å². The molecule has 1 aromatic rings. The molecule has 0 N–H and O–H groups in total. The number of hydrogen-bond donors (Lipinski definition) is 0. The minimum atomic E-state index is -2.77. The minimum absolute atomic E-state index is 0.245. The first-order chi connectivity index (χ1) is 8.49. The fourth-order valence-corrected chi connectivity index (χ4v) is 1.72. The molecule has 18 heavy (non-hydrogen) atoms. The van der Waals surface area contributed by atoms with Gasteiger partial charge in [0.25, 0.3) is 0 Å². The Hall–Kier alpha value is -1.58. The van der Waals surface area contributed by atoms with Crippen molar-refractivity contribution in [3.8, 4) is 5.75 Å². The maximum atomic E-state index is 11.5. The van der Waals surface area contributed by atoms with Gasteiger partial charge in [0.15, 0.2) is 0 Å². The van der Waals surface area contributed by atoms with Gasteiger partial charge >= 0.3 is 14.2 Å². The largest absolute Gasteiger partial charge is 0.432 e. The molecule has 0 radical (unpaired) electrons. The Bertz CT molecular complexity index is 443. The molecule has 0 bridgehead atoms. The molecule has 5 nitrogen and oxygen atoms in total. The summed E-state index contributed by atoms with van der Waals surface area (Å²) in [4.78, 5) is 11.2. The first-order valence-electron chi connectivity index (χ1n) is 5.29. The molecular formula is C12H15O5P. The van der Waals surface area contributed by atoms with Crippen LogP contribution in [0.25, 0.3) is 0 Å². The van der Waals surface area contributed by atoms with E-state index in [-0.39, 0.29) is 5.57 Å². The Labute approximate surface area is 106 Å². The highest BCUT2D eigenvalue weighted by molar-refractivity contribution is 7.33. The summed E-state index contributed by atoms with van der Waals surface area (Å²) in [6.45, 7) is 6.39. The van der Waals surface area contributed by atoms with Crippen molar-refractivity contribution in [2.24, 2.45) is 0 Å². The van der Waals surface area contributed by atoms with Crippen molar-refractivity contribution in [3.63, 3.8) is 0 Å². The predicted molar refractivity (Wildman–Crippen MR) is 67.5 cm³/mol. The summed E-state index contributed by atoms with van der Waals surface area (Å²) in [7, 11) is -2.77. The number of rotatable bonds is 6. The van der Waals surface area contributed by atoms with Crippen LogP contribution >= 0.6 is 8.25 Å². The second-order valence-corrected chi connectivity index (χ2v) is 4.48. The molecule has 2 atom stereocenters. The van der Waals surface area contributed by atoms with Crippen molar-refractivity contribution in [2.75, 3.05) is 0 Å². The zero-order valence-electron chi connectivity index (χ0n) is 10.2. The van der Waals surface area contributed by atoms with Crippen LogP contribution in [-0.2, 0) is 18.6 Å². The third kappa shape index (κ3) is 5.17. The summed E-state index contributed by atoms with van der Waals surface area (Å²) in [5.41, 5.74) is 0.245. The van der Waals surface area contributed by atoms with E-state index in [9.17, 15) is 9.36 Å². The van der Waals surface area contributed by atoms with Gasteiger partial charge in [-0.25, -0.2) is 9.36 Å². The van der Waals surface area contributed by atoms with Crippen LogP contribution in [0.5, 0.6) is 5.75 Å². The minimum Gasteiger partial charge on any atom is -0.432 e. The number of esters is 1. The van der Waals surface area contributed by atoms with Gasteiger partial charge in [-0.05, 0) is 26.0 Å². The normalized spacial score (nSPS) is 13.4. The van der Waals surface area contributed by atoms with Gasteiger partial charge in [0.2, 0.25) is 6.29 Å². The van der Waals surface area contributed by atoms with E-state index in [1.807, 2.05) is 6.07 Å². The number of ether oxygens (including phenoxy) is 1. The lowest BCUT2D eigenvalue weighted by molar-refractivity contribution is -0.156. The summed E-state index contributed by atoms with van der Waals surface area (Å²) >= 11 is 0. The molecular weight excluding hydrogens is 255 g/mol. The van der Waals surface area contributed by atoms with Crippen molar-refractivity contribution in [2.45, 2.75) is 20.1 Å². The van der Waals surface area contributed by atoms with Crippen LogP contribution in [0.4, 0.5) is 0 Å². The fraction of sp³-hybridized carbons (Fsp3) is 0.250. The van der Waals surface area contributed by atoms with E-state index in [0.717, 1.165) is 0 Å². The van der Waals surface area contributed by atoms with Gasteiger partial charge in [0.1, 0.15) is 5.75 Å². The molecule has 0 saturated carbocycles. The van der Waals surface area contributed by atoms with E-state index < -0.39 is 20.5 Å². The van der Waals surface area contributed by atoms with Crippen LogP contribution in [0.3, 0.4) is 0 Å². The summed E-state index contributed by atoms with van der Waals surface area (Å²) in [5, 5.41) is 0. The van der Waals surface area contributed by atoms with E-state index in [2.05, 4.69) is 6.58 Å². The molecule has 6 heteroatoms. The van der Waals surface area contributed by atoms with Crippen molar-refractivity contribution < 1.29 is 23.1 Å². The van der Waals surface area contributed by atoms with Crippen molar-refractivity contribution in [1.29, 1.82) is 0 Å². The van der Waals surface area contributed by atoms with Crippen LogP contribution < -0.4 is 4.52 Å². The van der Waals surface area contributed by atoms with E-state index in [1.165, 1.54) is 13.8 Å². The Morgan fingerprint density at radius 3 is 2.50 bits per heavy atom. The summed E-state index contributed by atoms with van der Waals surface area (Å²) in [6.07, 6.45) is -0.954. The first kappa shape index (κ1) is 14.5. The average molecular weight is 270 g/mol. The van der Waals surface area contributed by atoms with Gasteiger partial charge in [0, 0.05) is 5.57 Å². The third-order valence-electron chi connectivity index (χ3n) is 1.83. The zero-order chi connectivity index (χ0) is 13.5. The standard InChI is InChI=1S/C12H15O5P/c1-9(2)12(13)15-10(3)16-18(14)17-11-7-5-4-6-8-11/h4-8,10,18H,1H2,2-3H3. The van der Waals surface area contributed by atoms with E-state index >= 15 is 0 Å². The summed E-state index contributed by atoms with van der Waals surface area (Å²) in [5.74, 6) is -0.170. The van der Waals surface area contributed by atoms with Gasteiger partial charge in [-0.2, -0.15) is 0 Å². The molecule has 1 aromatic carbocycles. The van der Waals surface area contributed by atoms with Crippen LogP contribution in [0, 0.1) is 0 Å². The van der Waals surface area contributed by atoms with Crippen molar-refractivity contribution in [1.82, 2.24) is 0 Å². The van der Waals surface area contributed by atoms with Gasteiger partial charge in [0.05, 0.1) is 0 Å². The number of para-hydroxylation sites is 1. The lowest BCUT2D eigenvalue weighted by Gasteiger charge is -2.14. The fourth-order valence-electron chi connectivity index (χ4n) is 1.02. The number of carbonyl (C=O) groups is 1. The van der Waals surface area contributed by atoms with Gasteiger partial charge < -0.3 is 9.26 Å². The summed E-state index contributed by atoms with van der Waals surface area (Å²) in [6, 6.07) is 8.60. The molecule has 98 valence electrons. The first-order valence-corrected chi connectivity index (χ1v) is 6.51. The molecule has 0 aliphatic rings. The van der Waals surface area contributed by atoms with E-state index in [4.69, 9.17) is 13.8 Å². The molecule has 1 rings (SSSR count). The molecule has 0 fully saturated rings. The Balaban J connectivity index is 2.41. The Morgan fingerprint density at radius 1 is 1.33 bits per heavy atom. The van der Waals surface area contributed by atoms with Crippen LogP contribution in [0.15, 0.2) is 42.5 Å². The molecule has 2 unspecified atom stereocenters. The molecule has 0 amide bonds. The van der Waals surface area contributed by atoms with E-state index in [1.54, 1.807) is 24.3 Å². The highest BCUT2D eigenvalue weighted by Crippen LogP contribution is 2.29. The van der Waals surface area contributed by atoms with Gasteiger partial charge in [-0.15, -0.1) is 0 Å². The van der Waals surface area contributed by atoms with Crippen LogP contribution in [-0.4, -0.2) is 12.3 Å². The highest BCUT2D eigenvalue weighted by Gasteiger charge is 2.14. The lowest BCUT2D eigenvalue weighted by atomic mass is 10.3. The summed E-state index contributed by atoms with van der Waals surface area (Å²) < 4.78 is 26.3. The third-order valence-corrected chi connectivity index (χ3v) is 2.75. The zero-order valence-corrected chi connectivity index (χ0v) is 11.2. The smallest absolute Gasteiger partial charge is 0.370 e. The number of carbonyl (C=O) groups excluding carboxylic acids is 1. The van der Waals surface area contributed by atoms with Gasteiger partial charge in [-0.1, -0.05) is 24.8 Å². The van der Waals surface area contributed by atoms with Crippen LogP contribution in [0.1, 0.15) is 13.8 Å².